The number of nitrogens with one attached hydrogen (secondary N) is 2. The first kappa shape index (κ1) is 12.9. The smallest absolute Gasteiger partial charge is 0.0113 e. The third-order valence-electron chi connectivity index (χ3n) is 2.56. The second-order valence-corrected chi connectivity index (χ2v) is 4.81. The van der Waals surface area contributed by atoms with Gasteiger partial charge in [-0.2, -0.15) is 0 Å². The van der Waals surface area contributed by atoms with Crippen molar-refractivity contribution in [3.05, 3.63) is 0 Å². The van der Waals surface area contributed by atoms with E-state index in [9.17, 15) is 0 Å². The summed E-state index contributed by atoms with van der Waals surface area (Å²) in [4.78, 5) is 0. The maximum absolute atomic E-state index is 3.40. The molecule has 1 atom stereocenters. The summed E-state index contributed by atoms with van der Waals surface area (Å²) in [7, 11) is 4.08. The van der Waals surface area contributed by atoms with Gasteiger partial charge in [0, 0.05) is 6.04 Å². The molecule has 2 heteroatoms. The molecule has 0 amide bonds. The van der Waals surface area contributed by atoms with Crippen LogP contribution >= 0.6 is 0 Å². The number of hydrogen-bond donors (Lipinski definition) is 2. The van der Waals surface area contributed by atoms with E-state index in [4.69, 9.17) is 0 Å². The molecule has 80 valence electrons. The predicted octanol–water partition coefficient (Wildman–Crippen LogP) is 2.01. The molecule has 0 rings (SSSR count). The van der Waals surface area contributed by atoms with Crippen molar-refractivity contribution in [3.8, 4) is 0 Å². The fourth-order valence-corrected chi connectivity index (χ4v) is 1.66. The Labute approximate surface area is 83.5 Å². The van der Waals surface area contributed by atoms with Gasteiger partial charge in [0.1, 0.15) is 0 Å². The Bertz CT molecular complexity index is 116. The minimum absolute atomic E-state index is 0.383. The second-order valence-electron chi connectivity index (χ2n) is 4.81. The van der Waals surface area contributed by atoms with E-state index in [1.807, 2.05) is 7.05 Å². The molecule has 0 aliphatic carbocycles. The molecule has 13 heavy (non-hydrogen) atoms. The lowest BCUT2D eigenvalue weighted by atomic mass is 9.84. The van der Waals surface area contributed by atoms with Crippen LogP contribution in [0.25, 0.3) is 0 Å². The Hall–Kier alpha value is -0.0800. The first-order valence-corrected chi connectivity index (χ1v) is 5.34. The average molecular weight is 186 g/mol. The van der Waals surface area contributed by atoms with Crippen molar-refractivity contribution in [1.82, 2.24) is 10.6 Å². The van der Waals surface area contributed by atoms with Gasteiger partial charge < -0.3 is 10.6 Å². The maximum atomic E-state index is 3.40. The molecular formula is C11H26N2. The second kappa shape index (κ2) is 6.39. The van der Waals surface area contributed by atoms with Crippen molar-refractivity contribution in [2.45, 2.75) is 46.1 Å². The Kier molecular flexibility index (Phi) is 6.35. The van der Waals surface area contributed by atoms with Crippen molar-refractivity contribution in [1.29, 1.82) is 0 Å². The normalized spacial score (nSPS) is 14.5. The fourth-order valence-electron chi connectivity index (χ4n) is 1.66. The molecule has 2 N–H and O–H groups in total. The highest BCUT2D eigenvalue weighted by atomic mass is 14.9. The molecule has 0 heterocycles. The average Bonchev–Trinajstić information content (AvgIpc) is 2.02. The highest BCUT2D eigenvalue weighted by Gasteiger charge is 2.21. The lowest BCUT2D eigenvalue weighted by Gasteiger charge is -2.30. The van der Waals surface area contributed by atoms with E-state index in [2.05, 4.69) is 38.5 Å². The molecule has 1 unspecified atom stereocenters. The molecule has 0 saturated heterocycles. The highest BCUT2D eigenvalue weighted by molar-refractivity contribution is 4.78. The van der Waals surface area contributed by atoms with Crippen LogP contribution in [0, 0.1) is 5.41 Å². The first-order valence-electron chi connectivity index (χ1n) is 5.34. The molecule has 0 aromatic rings. The first-order chi connectivity index (χ1) is 6.02. The number of hydrogen-bond acceptors (Lipinski definition) is 2. The van der Waals surface area contributed by atoms with E-state index in [1.165, 1.54) is 19.3 Å². The SMILES string of the molecule is CNCCCCC(NC)C(C)(C)C. The minimum Gasteiger partial charge on any atom is -0.320 e. The molecule has 0 fully saturated rings. The maximum Gasteiger partial charge on any atom is 0.0113 e. The molecule has 0 saturated carbocycles. The van der Waals surface area contributed by atoms with E-state index in [-0.39, 0.29) is 0 Å². The van der Waals surface area contributed by atoms with Crippen LogP contribution in [0.2, 0.25) is 0 Å². The van der Waals surface area contributed by atoms with Gasteiger partial charge in [0.05, 0.1) is 0 Å². The summed E-state index contributed by atoms with van der Waals surface area (Å²) < 4.78 is 0. The standard InChI is InChI=1S/C11H26N2/c1-11(2,3)10(13-5)8-6-7-9-12-4/h10,12-13H,6-9H2,1-5H3. The zero-order valence-electron chi connectivity index (χ0n) is 9.91. The molecule has 0 aromatic carbocycles. The number of rotatable bonds is 6. The van der Waals surface area contributed by atoms with E-state index >= 15 is 0 Å². The van der Waals surface area contributed by atoms with Gasteiger partial charge in [-0.1, -0.05) is 27.2 Å². The lowest BCUT2D eigenvalue weighted by molar-refractivity contribution is 0.262. The Morgan fingerprint density at radius 1 is 1.08 bits per heavy atom. The van der Waals surface area contributed by atoms with Crippen molar-refractivity contribution in [2.24, 2.45) is 5.41 Å². The van der Waals surface area contributed by atoms with Crippen LogP contribution < -0.4 is 10.6 Å². The van der Waals surface area contributed by atoms with Crippen molar-refractivity contribution in [3.63, 3.8) is 0 Å². The van der Waals surface area contributed by atoms with Gasteiger partial charge in [0.15, 0.2) is 0 Å². The zero-order valence-corrected chi connectivity index (χ0v) is 9.91. The molecule has 0 aliphatic heterocycles. The van der Waals surface area contributed by atoms with Gasteiger partial charge in [0.25, 0.3) is 0 Å². The largest absolute Gasteiger partial charge is 0.320 e. The molecule has 0 aliphatic rings. The monoisotopic (exact) mass is 186 g/mol. The van der Waals surface area contributed by atoms with Gasteiger partial charge in [-0.3, -0.25) is 0 Å². The van der Waals surface area contributed by atoms with Gasteiger partial charge in [-0.05, 0) is 38.9 Å². The molecule has 2 nitrogen and oxygen atoms in total. The summed E-state index contributed by atoms with van der Waals surface area (Å²) in [6.45, 7) is 8.03. The molecule has 0 spiro atoms. The minimum atomic E-state index is 0.383. The Balaban J connectivity index is 3.61. The summed E-state index contributed by atoms with van der Waals surface area (Å²) in [5.41, 5.74) is 0.383. The van der Waals surface area contributed by atoms with Gasteiger partial charge in [-0.15, -0.1) is 0 Å². The van der Waals surface area contributed by atoms with E-state index in [0.717, 1.165) is 6.54 Å². The molecular weight excluding hydrogens is 160 g/mol. The summed E-state index contributed by atoms with van der Waals surface area (Å²) in [5, 5.41) is 6.58. The van der Waals surface area contributed by atoms with Crippen LogP contribution in [-0.4, -0.2) is 26.7 Å². The van der Waals surface area contributed by atoms with Gasteiger partial charge >= 0.3 is 0 Å². The predicted molar refractivity (Wildman–Crippen MR) is 60.1 cm³/mol. The van der Waals surface area contributed by atoms with Crippen molar-refractivity contribution >= 4 is 0 Å². The summed E-state index contributed by atoms with van der Waals surface area (Å²) >= 11 is 0. The Morgan fingerprint density at radius 2 is 1.69 bits per heavy atom. The van der Waals surface area contributed by atoms with Crippen molar-refractivity contribution < 1.29 is 0 Å². The Morgan fingerprint density at radius 3 is 2.08 bits per heavy atom. The van der Waals surface area contributed by atoms with Gasteiger partial charge in [0.2, 0.25) is 0 Å². The number of unbranched alkanes of at least 4 members (excludes halogenated alkanes) is 1. The van der Waals surface area contributed by atoms with Crippen LogP contribution in [0.1, 0.15) is 40.0 Å². The van der Waals surface area contributed by atoms with Crippen LogP contribution in [-0.2, 0) is 0 Å². The van der Waals surface area contributed by atoms with Gasteiger partial charge in [-0.25, -0.2) is 0 Å². The van der Waals surface area contributed by atoms with E-state index in [1.54, 1.807) is 0 Å². The topological polar surface area (TPSA) is 24.1 Å². The molecule has 0 radical (unpaired) electrons. The van der Waals surface area contributed by atoms with Crippen LogP contribution in [0.4, 0.5) is 0 Å². The third-order valence-corrected chi connectivity index (χ3v) is 2.56. The summed E-state index contributed by atoms with van der Waals surface area (Å²) in [6.07, 6.45) is 3.87. The molecule has 0 bridgehead atoms. The third kappa shape index (κ3) is 6.05. The molecule has 0 aromatic heterocycles. The summed E-state index contributed by atoms with van der Waals surface area (Å²) in [6, 6.07) is 0.643. The lowest BCUT2D eigenvalue weighted by Crippen LogP contribution is -2.37. The summed E-state index contributed by atoms with van der Waals surface area (Å²) in [5.74, 6) is 0. The quantitative estimate of drug-likeness (QED) is 0.620. The zero-order chi connectivity index (χ0) is 10.3. The fraction of sp³-hybridized carbons (Fsp3) is 1.00. The van der Waals surface area contributed by atoms with Crippen LogP contribution in [0.15, 0.2) is 0 Å². The van der Waals surface area contributed by atoms with Crippen LogP contribution in [0.5, 0.6) is 0 Å². The van der Waals surface area contributed by atoms with E-state index < -0.39 is 0 Å². The van der Waals surface area contributed by atoms with Crippen molar-refractivity contribution in [2.75, 3.05) is 20.6 Å². The van der Waals surface area contributed by atoms with E-state index in [0.29, 0.717) is 11.5 Å². The van der Waals surface area contributed by atoms with Crippen LogP contribution in [0.3, 0.4) is 0 Å². The highest BCUT2D eigenvalue weighted by Crippen LogP contribution is 2.22.